The summed E-state index contributed by atoms with van der Waals surface area (Å²) in [4.78, 5) is 27.5. The van der Waals surface area contributed by atoms with Crippen molar-refractivity contribution in [3.05, 3.63) is 59.2 Å². The molecule has 4 rings (SSSR count). The molecule has 160 valence electrons. The molecule has 2 aromatic rings. The Bertz CT molecular complexity index is 1190. The van der Waals surface area contributed by atoms with Crippen molar-refractivity contribution in [1.82, 2.24) is 4.90 Å². The highest BCUT2D eigenvalue weighted by Crippen LogP contribution is 2.32. The number of carbonyl (C=O) groups excluding carboxylic acids is 2. The molecule has 10 heteroatoms. The molecular formula is C21H20N4O4S2. The number of carbonyl (C=O) groups is 2. The van der Waals surface area contributed by atoms with Crippen molar-refractivity contribution in [2.24, 2.45) is 0 Å². The Morgan fingerprint density at radius 1 is 1.19 bits per heavy atom. The number of nitriles is 1. The van der Waals surface area contributed by atoms with Crippen LogP contribution in [0.3, 0.4) is 0 Å². The fraction of sp³-hybridized carbons (Fsp3) is 0.286. The van der Waals surface area contributed by atoms with E-state index in [-0.39, 0.29) is 11.8 Å². The average Bonchev–Trinajstić information content (AvgIpc) is 3.40. The van der Waals surface area contributed by atoms with E-state index < -0.39 is 16.1 Å². The molecule has 0 aromatic heterocycles. The number of hydrogen-bond donors (Lipinski definition) is 1. The van der Waals surface area contributed by atoms with Gasteiger partial charge in [0, 0.05) is 23.5 Å². The zero-order chi connectivity index (χ0) is 22.2. The smallest absolute Gasteiger partial charge is 0.255 e. The van der Waals surface area contributed by atoms with Crippen LogP contribution in [0.4, 0.5) is 11.4 Å². The summed E-state index contributed by atoms with van der Waals surface area (Å²) in [5.41, 5.74) is 2.91. The first-order chi connectivity index (χ1) is 14.8. The Hall–Kier alpha value is -3.03. The second-order valence-electron chi connectivity index (χ2n) is 7.40. The maximum atomic E-state index is 13.1. The van der Waals surface area contributed by atoms with Crippen molar-refractivity contribution in [1.29, 1.82) is 5.26 Å². The first kappa shape index (κ1) is 21.2. The zero-order valence-corrected chi connectivity index (χ0v) is 18.4. The van der Waals surface area contributed by atoms with E-state index in [1.54, 1.807) is 42.5 Å². The van der Waals surface area contributed by atoms with E-state index >= 15 is 0 Å². The summed E-state index contributed by atoms with van der Waals surface area (Å²) in [7, 11) is -3.36. The molecule has 8 nitrogen and oxygen atoms in total. The van der Waals surface area contributed by atoms with Crippen LogP contribution in [0.25, 0.3) is 0 Å². The van der Waals surface area contributed by atoms with Gasteiger partial charge in [-0.3, -0.25) is 13.9 Å². The third kappa shape index (κ3) is 4.24. The lowest BCUT2D eigenvalue weighted by atomic mass is 10.1. The van der Waals surface area contributed by atoms with E-state index in [1.165, 1.54) is 27.2 Å². The summed E-state index contributed by atoms with van der Waals surface area (Å²) in [5, 5.41) is 11.7. The van der Waals surface area contributed by atoms with Gasteiger partial charge in [0.1, 0.15) is 6.04 Å². The number of nitrogens with one attached hydrogen (secondary N) is 1. The molecule has 0 aliphatic carbocycles. The molecule has 0 radical (unpaired) electrons. The van der Waals surface area contributed by atoms with E-state index in [0.717, 1.165) is 5.56 Å². The maximum Gasteiger partial charge on any atom is 0.255 e. The van der Waals surface area contributed by atoms with Gasteiger partial charge in [-0.2, -0.15) is 5.26 Å². The molecule has 1 saturated heterocycles. The number of benzene rings is 2. The van der Waals surface area contributed by atoms with Crippen molar-refractivity contribution in [3.63, 3.8) is 0 Å². The number of rotatable bonds is 4. The highest BCUT2D eigenvalue weighted by molar-refractivity contribution is 7.99. The van der Waals surface area contributed by atoms with E-state index in [9.17, 15) is 18.0 Å². The first-order valence-corrected chi connectivity index (χ1v) is 12.6. The third-order valence-electron chi connectivity index (χ3n) is 5.31. The molecular weight excluding hydrogens is 436 g/mol. The molecule has 2 aromatic carbocycles. The molecule has 1 N–H and O–H groups in total. The van der Waals surface area contributed by atoms with Gasteiger partial charge < -0.3 is 10.2 Å². The highest BCUT2D eigenvalue weighted by Gasteiger charge is 2.36. The van der Waals surface area contributed by atoms with Crippen molar-refractivity contribution >= 4 is 45.0 Å². The predicted octanol–water partition coefficient (Wildman–Crippen LogP) is 2.03. The quantitative estimate of drug-likeness (QED) is 0.754. The minimum absolute atomic E-state index is 0.259. The normalized spacial score (nSPS) is 17.9. The standard InChI is InChI=1S/C21H20N4O4S2/c1-31(28,29)25-9-8-15-10-16(4-7-18(15)25)21(27)24-13-30-12-19(24)20(26)23-17-5-2-14(11-22)3-6-17/h2-7,10,19H,8-9,12-13H2,1H3,(H,23,26). The second-order valence-corrected chi connectivity index (χ2v) is 10.3. The maximum absolute atomic E-state index is 13.1. The average molecular weight is 457 g/mol. The molecule has 1 unspecified atom stereocenters. The second kappa shape index (κ2) is 8.24. The lowest BCUT2D eigenvalue weighted by molar-refractivity contribution is -0.119. The molecule has 2 aliphatic heterocycles. The Balaban J connectivity index is 1.50. The minimum atomic E-state index is -3.36. The van der Waals surface area contributed by atoms with Crippen molar-refractivity contribution in [2.45, 2.75) is 12.5 Å². The molecule has 31 heavy (non-hydrogen) atoms. The highest BCUT2D eigenvalue weighted by atomic mass is 32.2. The summed E-state index contributed by atoms with van der Waals surface area (Å²) in [6.45, 7) is 0.362. The van der Waals surface area contributed by atoms with Gasteiger partial charge in [-0.05, 0) is 54.4 Å². The number of sulfonamides is 1. The fourth-order valence-electron chi connectivity index (χ4n) is 3.73. The van der Waals surface area contributed by atoms with E-state index in [4.69, 9.17) is 5.26 Å². The van der Waals surface area contributed by atoms with Gasteiger partial charge in [0.15, 0.2) is 0 Å². The van der Waals surface area contributed by atoms with E-state index in [1.807, 2.05) is 6.07 Å². The van der Waals surface area contributed by atoms with Gasteiger partial charge in [-0.1, -0.05) is 0 Å². The first-order valence-electron chi connectivity index (χ1n) is 9.58. The number of nitrogens with zero attached hydrogens (tertiary/aromatic N) is 3. The van der Waals surface area contributed by atoms with Crippen LogP contribution in [0.15, 0.2) is 42.5 Å². The van der Waals surface area contributed by atoms with Gasteiger partial charge in [0.25, 0.3) is 5.91 Å². The van der Waals surface area contributed by atoms with Crippen LogP contribution < -0.4 is 9.62 Å². The van der Waals surface area contributed by atoms with Gasteiger partial charge >= 0.3 is 0 Å². The molecule has 2 heterocycles. The Labute approximate surface area is 184 Å². The van der Waals surface area contributed by atoms with Gasteiger partial charge in [-0.15, -0.1) is 11.8 Å². The predicted molar refractivity (Wildman–Crippen MR) is 119 cm³/mol. The van der Waals surface area contributed by atoms with Crippen LogP contribution in [0, 0.1) is 11.3 Å². The van der Waals surface area contributed by atoms with Crippen molar-refractivity contribution < 1.29 is 18.0 Å². The Morgan fingerprint density at radius 2 is 1.94 bits per heavy atom. The molecule has 0 bridgehead atoms. The summed E-state index contributed by atoms with van der Waals surface area (Å²) < 4.78 is 25.2. The van der Waals surface area contributed by atoms with Crippen LogP contribution >= 0.6 is 11.8 Å². The molecule has 1 fully saturated rings. The molecule has 2 aliphatic rings. The zero-order valence-electron chi connectivity index (χ0n) is 16.7. The summed E-state index contributed by atoms with van der Waals surface area (Å²) in [5.74, 6) is 0.343. The van der Waals surface area contributed by atoms with Crippen LogP contribution in [0.2, 0.25) is 0 Å². The minimum Gasteiger partial charge on any atom is -0.324 e. The number of hydrogen-bond acceptors (Lipinski definition) is 6. The van der Waals surface area contributed by atoms with Crippen LogP contribution in [0.5, 0.6) is 0 Å². The summed E-state index contributed by atoms with van der Waals surface area (Å²) in [6, 6.07) is 12.9. The fourth-order valence-corrected chi connectivity index (χ4v) is 5.84. The van der Waals surface area contributed by atoms with Crippen LogP contribution in [-0.4, -0.2) is 55.6 Å². The molecule has 2 amide bonds. The SMILES string of the molecule is CS(=O)(=O)N1CCc2cc(C(=O)N3CSCC3C(=O)Nc3ccc(C#N)cc3)ccc21. The molecule has 0 saturated carbocycles. The topological polar surface area (TPSA) is 111 Å². The molecule has 0 spiro atoms. The largest absolute Gasteiger partial charge is 0.324 e. The number of fused-ring (bicyclic) bond motifs is 1. The number of thioether (sulfide) groups is 1. The summed E-state index contributed by atoms with van der Waals surface area (Å²) in [6.07, 6.45) is 1.71. The van der Waals surface area contributed by atoms with E-state index in [0.29, 0.717) is 47.1 Å². The van der Waals surface area contributed by atoms with Gasteiger partial charge in [0.2, 0.25) is 15.9 Å². The lowest BCUT2D eigenvalue weighted by Gasteiger charge is -2.23. The number of anilines is 2. The van der Waals surface area contributed by atoms with Crippen molar-refractivity contribution in [2.75, 3.05) is 34.1 Å². The number of amides is 2. The third-order valence-corrected chi connectivity index (χ3v) is 7.50. The van der Waals surface area contributed by atoms with E-state index in [2.05, 4.69) is 5.32 Å². The van der Waals surface area contributed by atoms with Gasteiger partial charge in [-0.25, -0.2) is 8.42 Å². The monoisotopic (exact) mass is 456 g/mol. The molecule has 1 atom stereocenters. The lowest BCUT2D eigenvalue weighted by Crippen LogP contribution is -2.44. The van der Waals surface area contributed by atoms with Crippen LogP contribution in [0.1, 0.15) is 21.5 Å². The summed E-state index contributed by atoms with van der Waals surface area (Å²) >= 11 is 1.50. The van der Waals surface area contributed by atoms with Crippen LogP contribution in [-0.2, 0) is 21.2 Å². The Morgan fingerprint density at radius 3 is 2.61 bits per heavy atom. The van der Waals surface area contributed by atoms with Crippen molar-refractivity contribution in [3.8, 4) is 6.07 Å². The van der Waals surface area contributed by atoms with Gasteiger partial charge in [0.05, 0.1) is 29.5 Å². The Kier molecular flexibility index (Phi) is 5.64.